The molecule has 2 aromatic carbocycles. The van der Waals surface area contributed by atoms with Crippen molar-refractivity contribution in [1.82, 2.24) is 19.9 Å². The van der Waals surface area contributed by atoms with Crippen LogP contribution in [0.15, 0.2) is 73.2 Å². The van der Waals surface area contributed by atoms with Crippen LogP contribution in [0.5, 0.6) is 5.75 Å². The quantitative estimate of drug-likeness (QED) is 0.560. The second-order valence-corrected chi connectivity index (χ2v) is 6.23. The fourth-order valence-electron chi connectivity index (χ4n) is 3.04. The van der Waals surface area contributed by atoms with Crippen molar-refractivity contribution < 1.29 is 9.53 Å². The molecule has 2 aromatic heterocycles. The number of hydrogen-bond acceptors (Lipinski definition) is 4. The van der Waals surface area contributed by atoms with Crippen molar-refractivity contribution in [1.29, 1.82) is 0 Å². The molecule has 140 valence electrons. The normalized spacial score (nSPS) is 10.8. The highest BCUT2D eigenvalue weighted by atomic mass is 16.5. The van der Waals surface area contributed by atoms with Crippen molar-refractivity contribution in [2.45, 2.75) is 13.5 Å². The molecule has 0 fully saturated rings. The van der Waals surface area contributed by atoms with Crippen LogP contribution in [-0.2, 0) is 6.54 Å². The van der Waals surface area contributed by atoms with E-state index in [4.69, 9.17) is 4.74 Å². The fourth-order valence-corrected chi connectivity index (χ4v) is 3.04. The van der Waals surface area contributed by atoms with E-state index in [1.165, 1.54) is 0 Å². The molecule has 6 nitrogen and oxygen atoms in total. The maximum atomic E-state index is 12.5. The average Bonchev–Trinajstić information content (AvgIpc) is 3.17. The molecule has 0 aliphatic rings. The number of nitrogens with zero attached hydrogens (tertiary/aromatic N) is 3. The zero-order valence-electron chi connectivity index (χ0n) is 15.5. The van der Waals surface area contributed by atoms with E-state index in [0.29, 0.717) is 18.7 Å². The van der Waals surface area contributed by atoms with E-state index in [1.807, 2.05) is 60.0 Å². The third-order valence-electron chi connectivity index (χ3n) is 4.43. The maximum Gasteiger partial charge on any atom is 0.251 e. The third kappa shape index (κ3) is 3.57. The van der Waals surface area contributed by atoms with Gasteiger partial charge in [-0.15, -0.1) is 0 Å². The lowest BCUT2D eigenvalue weighted by Crippen LogP contribution is -2.23. The van der Waals surface area contributed by atoms with Gasteiger partial charge in [-0.05, 0) is 49.4 Å². The smallest absolute Gasteiger partial charge is 0.251 e. The summed E-state index contributed by atoms with van der Waals surface area (Å²) in [6, 6.07) is 18.9. The summed E-state index contributed by atoms with van der Waals surface area (Å²) < 4.78 is 7.50. The summed E-state index contributed by atoms with van der Waals surface area (Å²) in [7, 11) is 0. The van der Waals surface area contributed by atoms with Crippen molar-refractivity contribution in [2.24, 2.45) is 0 Å². The first-order valence-corrected chi connectivity index (χ1v) is 9.13. The van der Waals surface area contributed by atoms with Crippen molar-refractivity contribution in [3.8, 4) is 11.4 Å². The molecule has 0 unspecified atom stereocenters. The molecule has 1 amide bonds. The molecule has 0 radical (unpaired) electrons. The predicted molar refractivity (Wildman–Crippen MR) is 108 cm³/mol. The Morgan fingerprint density at radius 1 is 1.04 bits per heavy atom. The number of aromatic nitrogens is 3. The average molecular weight is 372 g/mol. The van der Waals surface area contributed by atoms with Gasteiger partial charge in [-0.3, -0.25) is 9.36 Å². The van der Waals surface area contributed by atoms with E-state index < -0.39 is 0 Å². The highest BCUT2D eigenvalue weighted by Gasteiger charge is 2.09. The second-order valence-electron chi connectivity index (χ2n) is 6.23. The Hall–Kier alpha value is -3.67. The minimum atomic E-state index is -0.133. The van der Waals surface area contributed by atoms with Crippen LogP contribution in [0.4, 0.5) is 0 Å². The highest BCUT2D eigenvalue weighted by Crippen LogP contribution is 2.19. The molecule has 2 heterocycles. The highest BCUT2D eigenvalue weighted by molar-refractivity contribution is 5.94. The van der Waals surface area contributed by atoms with Gasteiger partial charge in [-0.1, -0.05) is 18.2 Å². The number of carbonyl (C=O) groups excluding carboxylic acids is 1. The molecule has 0 spiro atoms. The largest absolute Gasteiger partial charge is 0.494 e. The summed E-state index contributed by atoms with van der Waals surface area (Å²) in [6.45, 7) is 2.94. The van der Waals surface area contributed by atoms with Crippen LogP contribution in [0.1, 0.15) is 22.8 Å². The van der Waals surface area contributed by atoms with E-state index in [9.17, 15) is 4.79 Å². The molecule has 0 aliphatic carbocycles. The van der Waals surface area contributed by atoms with E-state index in [-0.39, 0.29) is 5.91 Å². The molecular weight excluding hydrogens is 352 g/mol. The van der Waals surface area contributed by atoms with E-state index in [0.717, 1.165) is 28.2 Å². The molecule has 0 bridgehead atoms. The number of hydrogen-bond donors (Lipinski definition) is 1. The predicted octanol–water partition coefficient (Wildman–Crippen LogP) is 3.75. The van der Waals surface area contributed by atoms with Gasteiger partial charge >= 0.3 is 0 Å². The lowest BCUT2D eigenvalue weighted by Gasteiger charge is -2.11. The van der Waals surface area contributed by atoms with Gasteiger partial charge in [-0.25, -0.2) is 9.97 Å². The number of pyridine rings is 1. The first kappa shape index (κ1) is 17.7. The lowest BCUT2D eigenvalue weighted by atomic mass is 10.1. The number of fused-ring (bicyclic) bond motifs is 1. The van der Waals surface area contributed by atoms with Crippen molar-refractivity contribution in [3.63, 3.8) is 0 Å². The number of imidazole rings is 1. The van der Waals surface area contributed by atoms with E-state index >= 15 is 0 Å². The summed E-state index contributed by atoms with van der Waals surface area (Å²) in [5.74, 6) is 0.659. The van der Waals surface area contributed by atoms with Crippen LogP contribution in [0.3, 0.4) is 0 Å². The van der Waals surface area contributed by atoms with E-state index in [2.05, 4.69) is 15.3 Å². The van der Waals surface area contributed by atoms with Crippen LogP contribution in [0.2, 0.25) is 0 Å². The van der Waals surface area contributed by atoms with Crippen molar-refractivity contribution >= 4 is 17.1 Å². The first-order valence-electron chi connectivity index (χ1n) is 9.13. The summed E-state index contributed by atoms with van der Waals surface area (Å²) in [5, 5.41) is 2.95. The number of para-hydroxylation sites is 1. The molecular formula is C22H20N4O2. The van der Waals surface area contributed by atoms with Crippen LogP contribution in [0, 0.1) is 0 Å². The van der Waals surface area contributed by atoms with Gasteiger partial charge in [0, 0.05) is 29.6 Å². The number of ether oxygens (including phenoxy) is 1. The van der Waals surface area contributed by atoms with E-state index in [1.54, 1.807) is 24.7 Å². The molecule has 28 heavy (non-hydrogen) atoms. The molecule has 0 atom stereocenters. The Morgan fingerprint density at radius 2 is 1.86 bits per heavy atom. The van der Waals surface area contributed by atoms with Crippen LogP contribution >= 0.6 is 0 Å². The molecule has 0 aliphatic heterocycles. The Balaban J connectivity index is 1.47. The van der Waals surface area contributed by atoms with Crippen LogP contribution in [-0.4, -0.2) is 27.0 Å². The summed E-state index contributed by atoms with van der Waals surface area (Å²) in [4.78, 5) is 21.2. The van der Waals surface area contributed by atoms with Crippen molar-refractivity contribution in [2.75, 3.05) is 6.61 Å². The summed E-state index contributed by atoms with van der Waals surface area (Å²) in [5.41, 5.74) is 4.06. The number of nitrogens with one attached hydrogen (secondary N) is 1. The number of benzene rings is 2. The Bertz CT molecular complexity index is 1100. The van der Waals surface area contributed by atoms with Gasteiger partial charge in [0.25, 0.3) is 5.91 Å². The lowest BCUT2D eigenvalue weighted by molar-refractivity contribution is 0.0950. The Labute approximate surface area is 162 Å². The van der Waals surface area contributed by atoms with Gasteiger partial charge in [0.05, 0.1) is 6.61 Å². The molecule has 0 saturated heterocycles. The molecule has 4 aromatic rings. The monoisotopic (exact) mass is 372 g/mol. The van der Waals surface area contributed by atoms with Gasteiger partial charge in [0.1, 0.15) is 17.6 Å². The summed E-state index contributed by atoms with van der Waals surface area (Å²) >= 11 is 0. The third-order valence-corrected chi connectivity index (χ3v) is 4.43. The Morgan fingerprint density at radius 3 is 2.68 bits per heavy atom. The minimum Gasteiger partial charge on any atom is -0.494 e. The van der Waals surface area contributed by atoms with Crippen LogP contribution in [0.25, 0.3) is 16.9 Å². The topological polar surface area (TPSA) is 69.0 Å². The number of rotatable bonds is 6. The molecule has 0 saturated carbocycles. The van der Waals surface area contributed by atoms with Gasteiger partial charge in [0.2, 0.25) is 0 Å². The van der Waals surface area contributed by atoms with Crippen LogP contribution < -0.4 is 10.1 Å². The van der Waals surface area contributed by atoms with Crippen molar-refractivity contribution in [3.05, 3.63) is 84.3 Å². The number of amides is 1. The SMILES string of the molecule is CCOc1ccccc1CNC(=O)c1ccc(-n2cnc3cccnc32)cc1. The minimum absolute atomic E-state index is 0.133. The molecule has 1 N–H and O–H groups in total. The zero-order valence-corrected chi connectivity index (χ0v) is 15.5. The fraction of sp³-hybridized carbons (Fsp3) is 0.136. The van der Waals surface area contributed by atoms with Gasteiger partial charge in [0.15, 0.2) is 5.65 Å². The maximum absolute atomic E-state index is 12.5. The number of carbonyl (C=O) groups is 1. The molecule has 6 heteroatoms. The summed E-state index contributed by atoms with van der Waals surface area (Å²) in [6.07, 6.45) is 3.47. The first-order chi connectivity index (χ1) is 13.8. The second kappa shape index (κ2) is 7.92. The van der Waals surface area contributed by atoms with Gasteiger partial charge in [-0.2, -0.15) is 0 Å². The zero-order chi connectivity index (χ0) is 19.3. The standard InChI is InChI=1S/C22H20N4O2/c1-2-28-20-8-4-3-6-17(20)14-24-22(27)16-9-11-18(12-10-16)26-15-25-19-7-5-13-23-21(19)26/h3-13,15H,2,14H2,1H3,(H,24,27). The molecule has 4 rings (SSSR count). The van der Waals surface area contributed by atoms with Gasteiger partial charge < -0.3 is 10.1 Å². The Kier molecular flexibility index (Phi) is 5.01.